The van der Waals surface area contributed by atoms with E-state index in [1.54, 1.807) is 18.2 Å². The molecule has 0 amide bonds. The number of ether oxygens (including phenoxy) is 1. The van der Waals surface area contributed by atoms with E-state index in [1.807, 2.05) is 0 Å². The van der Waals surface area contributed by atoms with Crippen molar-refractivity contribution in [3.8, 4) is 6.07 Å². The molecule has 1 saturated carbocycles. The molecule has 126 valence electrons. The zero-order valence-electron chi connectivity index (χ0n) is 13.3. The van der Waals surface area contributed by atoms with E-state index in [4.69, 9.17) is 15.7 Å². The molecule has 0 aliphatic heterocycles. The number of nitrogens with two attached hydrogens (primary N) is 1. The van der Waals surface area contributed by atoms with Crippen molar-refractivity contribution >= 4 is 11.8 Å². The molecule has 0 bridgehead atoms. The van der Waals surface area contributed by atoms with Crippen LogP contribution < -0.4 is 5.73 Å². The first-order chi connectivity index (χ1) is 11.4. The summed E-state index contributed by atoms with van der Waals surface area (Å²) in [5.41, 5.74) is 4.92. The molecule has 0 unspecified atom stereocenters. The number of halogens is 1. The molecule has 1 aromatic rings. The molecule has 5 nitrogen and oxygen atoms in total. The van der Waals surface area contributed by atoms with Crippen molar-refractivity contribution in [2.45, 2.75) is 31.1 Å². The summed E-state index contributed by atoms with van der Waals surface area (Å²) in [6.45, 7) is 2.82. The van der Waals surface area contributed by atoms with Crippen molar-refractivity contribution in [2.24, 2.45) is 11.7 Å². The fraction of sp³-hybridized carbons (Fsp3) is 0.389. The van der Waals surface area contributed by atoms with Gasteiger partial charge in [0.1, 0.15) is 11.7 Å². The van der Waals surface area contributed by atoms with Gasteiger partial charge in [0.05, 0.1) is 11.5 Å². The summed E-state index contributed by atoms with van der Waals surface area (Å²) in [4.78, 5) is 24.6. The zero-order valence-corrected chi connectivity index (χ0v) is 13.3. The number of hydrogen-bond donors (Lipinski definition) is 1. The topological polar surface area (TPSA) is 93.2 Å². The van der Waals surface area contributed by atoms with E-state index in [1.165, 1.54) is 12.1 Å². The lowest BCUT2D eigenvalue weighted by Gasteiger charge is -2.27. The molecule has 1 aliphatic rings. The van der Waals surface area contributed by atoms with Crippen LogP contribution in [-0.4, -0.2) is 18.4 Å². The van der Waals surface area contributed by atoms with E-state index in [0.717, 1.165) is 12.8 Å². The Balaban J connectivity index is 2.15. The first kappa shape index (κ1) is 17.7. The minimum absolute atomic E-state index is 0.0840. The van der Waals surface area contributed by atoms with Crippen molar-refractivity contribution < 1.29 is 18.7 Å². The third kappa shape index (κ3) is 3.46. The second-order valence-corrected chi connectivity index (χ2v) is 5.98. The number of rotatable bonds is 6. The molecule has 0 heterocycles. The van der Waals surface area contributed by atoms with Gasteiger partial charge in [-0.05, 0) is 30.5 Å². The monoisotopic (exact) mass is 330 g/mol. The minimum Gasteiger partial charge on any atom is -0.457 e. The van der Waals surface area contributed by atoms with Gasteiger partial charge in [-0.15, -0.1) is 0 Å². The third-order valence-electron chi connectivity index (χ3n) is 4.39. The van der Waals surface area contributed by atoms with E-state index in [2.05, 4.69) is 6.58 Å². The molecule has 1 aromatic carbocycles. The lowest BCUT2D eigenvalue weighted by Crippen LogP contribution is -2.37. The van der Waals surface area contributed by atoms with Gasteiger partial charge in [0.2, 0.25) is 0 Å². The number of hydrogen-bond acceptors (Lipinski definition) is 5. The van der Waals surface area contributed by atoms with Crippen LogP contribution >= 0.6 is 0 Å². The predicted octanol–water partition coefficient (Wildman–Crippen LogP) is 2.36. The maximum Gasteiger partial charge on any atom is 0.316 e. The molecule has 1 aliphatic carbocycles. The van der Waals surface area contributed by atoms with Gasteiger partial charge in [-0.25, -0.2) is 4.39 Å². The molecule has 24 heavy (non-hydrogen) atoms. The average molecular weight is 330 g/mol. The largest absolute Gasteiger partial charge is 0.457 e. The Morgan fingerprint density at radius 2 is 2.08 bits per heavy atom. The van der Waals surface area contributed by atoms with E-state index in [9.17, 15) is 14.0 Å². The van der Waals surface area contributed by atoms with Crippen LogP contribution in [-0.2, 0) is 19.7 Å². The maximum atomic E-state index is 13.5. The Hall–Kier alpha value is -2.68. The van der Waals surface area contributed by atoms with Crippen LogP contribution in [0, 0.1) is 23.1 Å². The lowest BCUT2D eigenvalue weighted by molar-refractivity contribution is -0.154. The molecule has 0 radical (unpaired) electrons. The SMILES string of the molecule is C=C(N)[C@@H](C#N)C(=O)COC(=O)C1(c2cccc(F)c2)CCCC1. The van der Waals surface area contributed by atoms with Crippen LogP contribution in [0.5, 0.6) is 0 Å². The Morgan fingerprint density at radius 1 is 1.42 bits per heavy atom. The van der Waals surface area contributed by atoms with Gasteiger partial charge in [0, 0.05) is 5.70 Å². The van der Waals surface area contributed by atoms with Crippen molar-refractivity contribution in [3.05, 3.63) is 47.9 Å². The van der Waals surface area contributed by atoms with E-state index < -0.39 is 35.5 Å². The summed E-state index contributed by atoms with van der Waals surface area (Å²) >= 11 is 0. The van der Waals surface area contributed by atoms with Crippen molar-refractivity contribution in [1.29, 1.82) is 5.26 Å². The number of Topliss-reactive ketones (excluding diaryl/α,β-unsaturated/α-hetero) is 1. The first-order valence-electron chi connectivity index (χ1n) is 7.70. The van der Waals surface area contributed by atoms with Gasteiger partial charge in [-0.1, -0.05) is 31.6 Å². The highest BCUT2D eigenvalue weighted by atomic mass is 19.1. The molecule has 0 saturated heterocycles. The summed E-state index contributed by atoms with van der Waals surface area (Å²) in [6.07, 6.45) is 2.71. The number of esters is 1. The van der Waals surface area contributed by atoms with Gasteiger partial charge >= 0.3 is 5.97 Å². The quantitative estimate of drug-likeness (QED) is 0.808. The lowest BCUT2D eigenvalue weighted by atomic mass is 9.79. The molecule has 2 N–H and O–H groups in total. The Labute approximate surface area is 139 Å². The second kappa shape index (κ2) is 7.26. The molecule has 6 heteroatoms. The van der Waals surface area contributed by atoms with Crippen molar-refractivity contribution in [1.82, 2.24) is 0 Å². The number of allylic oxidation sites excluding steroid dienone is 1. The molecule has 2 rings (SSSR count). The van der Waals surface area contributed by atoms with E-state index >= 15 is 0 Å². The van der Waals surface area contributed by atoms with Crippen LogP contribution in [0.15, 0.2) is 36.5 Å². The van der Waals surface area contributed by atoms with Gasteiger partial charge in [-0.2, -0.15) is 5.26 Å². The van der Waals surface area contributed by atoms with Crippen LogP contribution in [0.25, 0.3) is 0 Å². The maximum absolute atomic E-state index is 13.5. The Kier molecular flexibility index (Phi) is 5.35. The number of carbonyl (C=O) groups is 2. The number of nitriles is 1. The fourth-order valence-electron chi connectivity index (χ4n) is 3.10. The Bertz CT molecular complexity index is 702. The highest BCUT2D eigenvalue weighted by Gasteiger charge is 2.44. The average Bonchev–Trinajstić information content (AvgIpc) is 3.04. The van der Waals surface area contributed by atoms with Gasteiger partial charge < -0.3 is 10.5 Å². The minimum atomic E-state index is -1.20. The van der Waals surface area contributed by atoms with Crippen LogP contribution in [0.2, 0.25) is 0 Å². The first-order valence-corrected chi connectivity index (χ1v) is 7.70. The van der Waals surface area contributed by atoms with Crippen molar-refractivity contribution in [3.63, 3.8) is 0 Å². The fourth-order valence-corrected chi connectivity index (χ4v) is 3.10. The number of carbonyl (C=O) groups excluding carboxylic acids is 2. The van der Waals surface area contributed by atoms with Crippen LogP contribution in [0.3, 0.4) is 0 Å². The second-order valence-electron chi connectivity index (χ2n) is 5.98. The Morgan fingerprint density at radius 3 is 2.62 bits per heavy atom. The highest BCUT2D eigenvalue weighted by molar-refractivity contribution is 5.90. The zero-order chi connectivity index (χ0) is 17.7. The normalized spacial score (nSPS) is 16.8. The molecule has 0 aromatic heterocycles. The summed E-state index contributed by atoms with van der Waals surface area (Å²) in [5, 5.41) is 8.91. The number of ketones is 1. The molecule has 0 spiro atoms. The molecule has 1 atom stereocenters. The van der Waals surface area contributed by atoms with Gasteiger partial charge in [0.25, 0.3) is 0 Å². The predicted molar refractivity (Wildman–Crippen MR) is 84.9 cm³/mol. The standard InChI is InChI=1S/C18H19FN2O3/c1-12(21)15(10-20)16(22)11-24-17(23)18(7-2-3-8-18)13-5-4-6-14(19)9-13/h4-6,9,15H,1-3,7-8,11,21H2/t15-/m1/s1. The summed E-state index contributed by atoms with van der Waals surface area (Å²) in [7, 11) is 0. The molecule has 1 fully saturated rings. The molecular weight excluding hydrogens is 311 g/mol. The summed E-state index contributed by atoms with van der Waals surface area (Å²) in [5.74, 6) is -2.82. The summed E-state index contributed by atoms with van der Waals surface area (Å²) in [6, 6.07) is 7.61. The smallest absolute Gasteiger partial charge is 0.316 e. The van der Waals surface area contributed by atoms with Gasteiger partial charge in [0.15, 0.2) is 12.4 Å². The summed E-state index contributed by atoms with van der Waals surface area (Å²) < 4.78 is 18.7. The number of nitrogens with zero attached hydrogens (tertiary/aromatic N) is 1. The highest BCUT2D eigenvalue weighted by Crippen LogP contribution is 2.42. The number of benzene rings is 1. The van der Waals surface area contributed by atoms with Crippen LogP contribution in [0.4, 0.5) is 4.39 Å². The van der Waals surface area contributed by atoms with Gasteiger partial charge in [-0.3, -0.25) is 9.59 Å². The van der Waals surface area contributed by atoms with E-state index in [0.29, 0.717) is 18.4 Å². The van der Waals surface area contributed by atoms with E-state index in [-0.39, 0.29) is 5.70 Å². The van der Waals surface area contributed by atoms with Crippen molar-refractivity contribution in [2.75, 3.05) is 6.61 Å². The van der Waals surface area contributed by atoms with Crippen LogP contribution in [0.1, 0.15) is 31.2 Å². The third-order valence-corrected chi connectivity index (χ3v) is 4.39. The molecular formula is C18H19FN2O3.